The molecule has 0 spiro atoms. The first kappa shape index (κ1) is 14.4. The summed E-state index contributed by atoms with van der Waals surface area (Å²) in [4.78, 5) is 25.7. The van der Waals surface area contributed by atoms with Crippen molar-refractivity contribution in [3.8, 4) is 0 Å². The summed E-state index contributed by atoms with van der Waals surface area (Å²) in [7, 11) is 0. The SMILES string of the molecule is O=C1CNC(C(=O)N2CCCC2c2cccc(Cl)c2)CN1. The molecule has 112 valence electrons. The fourth-order valence-corrected chi connectivity index (χ4v) is 3.23. The Bertz CT molecular complexity index is 554. The van der Waals surface area contributed by atoms with E-state index in [1.54, 1.807) is 0 Å². The first-order chi connectivity index (χ1) is 10.1. The molecular formula is C15H18ClN3O2. The molecule has 2 saturated heterocycles. The summed E-state index contributed by atoms with van der Waals surface area (Å²) in [5, 5.41) is 6.42. The van der Waals surface area contributed by atoms with Gasteiger partial charge in [0.25, 0.3) is 0 Å². The number of amides is 2. The van der Waals surface area contributed by atoms with E-state index in [9.17, 15) is 9.59 Å². The molecule has 2 N–H and O–H groups in total. The molecule has 2 aliphatic rings. The predicted molar refractivity (Wildman–Crippen MR) is 79.9 cm³/mol. The highest BCUT2D eigenvalue weighted by atomic mass is 35.5. The largest absolute Gasteiger partial charge is 0.353 e. The van der Waals surface area contributed by atoms with Gasteiger partial charge in [0.2, 0.25) is 11.8 Å². The van der Waals surface area contributed by atoms with Gasteiger partial charge in [-0.15, -0.1) is 0 Å². The van der Waals surface area contributed by atoms with Crippen molar-refractivity contribution >= 4 is 23.4 Å². The smallest absolute Gasteiger partial charge is 0.242 e. The zero-order valence-electron chi connectivity index (χ0n) is 11.6. The van der Waals surface area contributed by atoms with Crippen molar-refractivity contribution in [1.82, 2.24) is 15.5 Å². The van der Waals surface area contributed by atoms with Crippen molar-refractivity contribution in [2.45, 2.75) is 24.9 Å². The highest BCUT2D eigenvalue weighted by Crippen LogP contribution is 2.33. The molecule has 2 amide bonds. The summed E-state index contributed by atoms with van der Waals surface area (Å²) in [6.45, 7) is 1.31. The van der Waals surface area contributed by atoms with Gasteiger partial charge in [-0.05, 0) is 30.5 Å². The Labute approximate surface area is 128 Å². The van der Waals surface area contributed by atoms with Crippen molar-refractivity contribution in [2.24, 2.45) is 0 Å². The van der Waals surface area contributed by atoms with E-state index in [-0.39, 0.29) is 30.4 Å². The third-order valence-corrected chi connectivity index (χ3v) is 4.31. The van der Waals surface area contributed by atoms with Crippen LogP contribution in [0.4, 0.5) is 0 Å². The number of nitrogens with zero attached hydrogens (tertiary/aromatic N) is 1. The van der Waals surface area contributed by atoms with Crippen molar-refractivity contribution in [3.63, 3.8) is 0 Å². The molecule has 2 atom stereocenters. The maximum absolute atomic E-state index is 12.7. The Morgan fingerprint density at radius 2 is 2.24 bits per heavy atom. The zero-order valence-corrected chi connectivity index (χ0v) is 12.4. The number of benzene rings is 1. The van der Waals surface area contributed by atoms with Gasteiger partial charge < -0.3 is 10.2 Å². The molecule has 0 saturated carbocycles. The normalized spacial score (nSPS) is 25.8. The van der Waals surface area contributed by atoms with Crippen LogP contribution in [-0.4, -0.2) is 42.4 Å². The third kappa shape index (κ3) is 3.04. The van der Waals surface area contributed by atoms with Crippen LogP contribution in [0.5, 0.6) is 0 Å². The van der Waals surface area contributed by atoms with Crippen molar-refractivity contribution < 1.29 is 9.59 Å². The number of carbonyl (C=O) groups excluding carboxylic acids is 2. The van der Waals surface area contributed by atoms with Crippen LogP contribution in [0, 0.1) is 0 Å². The second-order valence-corrected chi connectivity index (χ2v) is 5.92. The molecule has 3 rings (SSSR count). The van der Waals surface area contributed by atoms with Crippen LogP contribution < -0.4 is 10.6 Å². The Balaban J connectivity index is 1.74. The Morgan fingerprint density at radius 1 is 1.38 bits per heavy atom. The van der Waals surface area contributed by atoms with E-state index >= 15 is 0 Å². The standard InChI is InChI=1S/C15H18ClN3O2/c16-11-4-1-3-10(7-11)13-5-2-6-19(13)15(21)12-8-18-14(20)9-17-12/h1,3-4,7,12-13,17H,2,5-6,8-9H2,(H,18,20). The molecule has 2 unspecified atom stereocenters. The highest BCUT2D eigenvalue weighted by Gasteiger charge is 2.35. The monoisotopic (exact) mass is 307 g/mol. The third-order valence-electron chi connectivity index (χ3n) is 4.08. The van der Waals surface area contributed by atoms with Gasteiger partial charge in [0.1, 0.15) is 6.04 Å². The van der Waals surface area contributed by atoms with Gasteiger partial charge in [0.05, 0.1) is 12.6 Å². The quantitative estimate of drug-likeness (QED) is 0.860. The van der Waals surface area contributed by atoms with Crippen LogP contribution in [0.25, 0.3) is 0 Å². The zero-order chi connectivity index (χ0) is 14.8. The van der Waals surface area contributed by atoms with Crippen LogP contribution in [0.1, 0.15) is 24.4 Å². The van der Waals surface area contributed by atoms with Gasteiger partial charge in [-0.25, -0.2) is 0 Å². The second kappa shape index (κ2) is 6.03. The number of nitrogens with one attached hydrogen (secondary N) is 2. The van der Waals surface area contributed by atoms with Gasteiger partial charge in [-0.1, -0.05) is 23.7 Å². The fourth-order valence-electron chi connectivity index (χ4n) is 3.03. The summed E-state index contributed by atoms with van der Waals surface area (Å²) in [6.07, 6.45) is 1.94. The summed E-state index contributed by atoms with van der Waals surface area (Å²) < 4.78 is 0. The molecule has 0 radical (unpaired) electrons. The van der Waals surface area contributed by atoms with Gasteiger partial charge in [0.15, 0.2) is 0 Å². The Kier molecular flexibility index (Phi) is 4.12. The Hall–Kier alpha value is -1.59. The van der Waals surface area contributed by atoms with Gasteiger partial charge in [-0.2, -0.15) is 0 Å². The van der Waals surface area contributed by atoms with Gasteiger partial charge in [0, 0.05) is 18.1 Å². The molecule has 6 heteroatoms. The fraction of sp³-hybridized carbons (Fsp3) is 0.467. The number of hydrogen-bond acceptors (Lipinski definition) is 3. The van der Waals surface area contributed by atoms with Crippen molar-refractivity contribution in [1.29, 1.82) is 0 Å². The first-order valence-corrected chi connectivity index (χ1v) is 7.59. The maximum atomic E-state index is 12.7. The van der Waals surface area contributed by atoms with E-state index in [0.29, 0.717) is 11.6 Å². The molecule has 0 aliphatic carbocycles. The van der Waals surface area contributed by atoms with Gasteiger partial charge in [-0.3, -0.25) is 14.9 Å². The molecule has 0 aromatic heterocycles. The average molecular weight is 308 g/mol. The molecule has 0 bridgehead atoms. The minimum Gasteiger partial charge on any atom is -0.353 e. The number of rotatable bonds is 2. The van der Waals surface area contributed by atoms with Crippen molar-refractivity contribution in [2.75, 3.05) is 19.6 Å². The number of carbonyl (C=O) groups is 2. The van der Waals surface area contributed by atoms with E-state index in [1.165, 1.54) is 0 Å². The molecule has 5 nitrogen and oxygen atoms in total. The number of likely N-dealkylation sites (tertiary alicyclic amines) is 1. The summed E-state index contributed by atoms with van der Waals surface area (Å²) in [5.41, 5.74) is 1.08. The predicted octanol–water partition coefficient (Wildman–Crippen LogP) is 1.09. The van der Waals surface area contributed by atoms with E-state index in [1.807, 2.05) is 29.2 Å². The lowest BCUT2D eigenvalue weighted by atomic mass is 10.0. The number of hydrogen-bond donors (Lipinski definition) is 2. The van der Waals surface area contributed by atoms with E-state index in [0.717, 1.165) is 24.9 Å². The lowest BCUT2D eigenvalue weighted by Crippen LogP contribution is -2.58. The molecule has 1 aromatic carbocycles. The molecule has 2 aliphatic heterocycles. The first-order valence-electron chi connectivity index (χ1n) is 7.21. The summed E-state index contributed by atoms with van der Waals surface area (Å²) in [6, 6.07) is 7.44. The second-order valence-electron chi connectivity index (χ2n) is 5.48. The maximum Gasteiger partial charge on any atom is 0.242 e. The summed E-state index contributed by atoms with van der Waals surface area (Å²) >= 11 is 6.05. The Morgan fingerprint density at radius 3 is 2.95 bits per heavy atom. The molecule has 2 fully saturated rings. The highest BCUT2D eigenvalue weighted by molar-refractivity contribution is 6.30. The minimum absolute atomic E-state index is 0.0532. The lowest BCUT2D eigenvalue weighted by Gasteiger charge is -2.31. The van der Waals surface area contributed by atoms with Crippen LogP contribution in [-0.2, 0) is 9.59 Å². The average Bonchev–Trinajstić information content (AvgIpc) is 2.97. The lowest BCUT2D eigenvalue weighted by molar-refractivity contribution is -0.135. The van der Waals surface area contributed by atoms with E-state index in [4.69, 9.17) is 11.6 Å². The molecule has 2 heterocycles. The van der Waals surface area contributed by atoms with Crippen molar-refractivity contribution in [3.05, 3.63) is 34.9 Å². The van der Waals surface area contributed by atoms with Crippen LogP contribution in [0.3, 0.4) is 0 Å². The van der Waals surface area contributed by atoms with E-state index in [2.05, 4.69) is 10.6 Å². The van der Waals surface area contributed by atoms with E-state index < -0.39 is 0 Å². The molecular weight excluding hydrogens is 290 g/mol. The topological polar surface area (TPSA) is 61.4 Å². The number of halogens is 1. The van der Waals surface area contributed by atoms with Crippen LogP contribution in [0.2, 0.25) is 5.02 Å². The summed E-state index contributed by atoms with van der Waals surface area (Å²) in [5.74, 6) is -0.00987. The minimum atomic E-state index is -0.331. The molecule has 21 heavy (non-hydrogen) atoms. The number of piperazine rings is 1. The van der Waals surface area contributed by atoms with Crippen LogP contribution >= 0.6 is 11.6 Å². The van der Waals surface area contributed by atoms with Crippen LogP contribution in [0.15, 0.2) is 24.3 Å². The van der Waals surface area contributed by atoms with Gasteiger partial charge >= 0.3 is 0 Å². The molecule has 1 aromatic rings.